The number of carbonyl (C=O) groups excluding carboxylic acids is 1. The first kappa shape index (κ1) is 14.4. The lowest BCUT2D eigenvalue weighted by atomic mass is 10.1. The molecule has 0 aliphatic heterocycles. The van der Waals surface area contributed by atoms with Gasteiger partial charge < -0.3 is 20.1 Å². The molecule has 2 atom stereocenters. The highest BCUT2D eigenvalue weighted by Crippen LogP contribution is 2.33. The Labute approximate surface area is 103 Å². The van der Waals surface area contributed by atoms with Crippen molar-refractivity contribution in [2.24, 2.45) is 5.92 Å². The van der Waals surface area contributed by atoms with Crippen LogP contribution in [0.25, 0.3) is 0 Å². The molecule has 0 spiro atoms. The number of likely N-dealkylation sites (N-methyl/N-ethyl adjacent to an activating group) is 1. The molecule has 1 aliphatic rings. The van der Waals surface area contributed by atoms with Crippen LogP contribution in [0.3, 0.4) is 0 Å². The summed E-state index contributed by atoms with van der Waals surface area (Å²) in [6, 6.07) is -0.270. The number of carbonyl (C=O) groups is 1. The average Bonchev–Trinajstić information content (AvgIpc) is 2.99. The van der Waals surface area contributed by atoms with Crippen LogP contribution in [0.5, 0.6) is 0 Å². The largest absolute Gasteiger partial charge is 0.468 e. The third-order valence-electron chi connectivity index (χ3n) is 2.91. The zero-order valence-corrected chi connectivity index (χ0v) is 11.2. The second-order valence-corrected chi connectivity index (χ2v) is 5.45. The summed E-state index contributed by atoms with van der Waals surface area (Å²) >= 11 is 0. The second kappa shape index (κ2) is 5.80. The highest BCUT2D eigenvalue weighted by atomic mass is 16.5. The third kappa shape index (κ3) is 5.02. The Morgan fingerprint density at radius 1 is 1.59 bits per heavy atom. The fourth-order valence-electron chi connectivity index (χ4n) is 2.07. The zero-order valence-electron chi connectivity index (χ0n) is 11.2. The van der Waals surface area contributed by atoms with Gasteiger partial charge in [0, 0.05) is 13.1 Å². The molecule has 0 aromatic heterocycles. The van der Waals surface area contributed by atoms with E-state index in [1.165, 1.54) is 7.11 Å². The summed E-state index contributed by atoms with van der Waals surface area (Å²) in [5, 5.41) is 13.3. The van der Waals surface area contributed by atoms with Crippen LogP contribution in [-0.2, 0) is 9.53 Å². The Hall–Kier alpha value is -0.650. The number of ether oxygens (including phenoxy) is 1. The summed E-state index contributed by atoms with van der Waals surface area (Å²) in [6.07, 6.45) is 2.12. The molecule has 0 heterocycles. The van der Waals surface area contributed by atoms with Crippen LogP contribution in [0.2, 0.25) is 0 Å². The van der Waals surface area contributed by atoms with E-state index in [0.717, 1.165) is 12.8 Å². The van der Waals surface area contributed by atoms with Crippen molar-refractivity contribution in [2.45, 2.75) is 31.4 Å². The Kier molecular flexibility index (Phi) is 4.91. The monoisotopic (exact) mass is 244 g/mol. The van der Waals surface area contributed by atoms with Crippen molar-refractivity contribution < 1.29 is 14.6 Å². The summed E-state index contributed by atoms with van der Waals surface area (Å²) in [4.78, 5) is 13.5. The van der Waals surface area contributed by atoms with E-state index in [2.05, 4.69) is 5.32 Å². The number of esters is 1. The van der Waals surface area contributed by atoms with Crippen LogP contribution < -0.4 is 5.32 Å². The molecule has 100 valence electrons. The molecule has 0 saturated heterocycles. The summed E-state index contributed by atoms with van der Waals surface area (Å²) < 4.78 is 4.77. The fraction of sp³-hybridized carbons (Fsp3) is 0.917. The number of hydrogen-bond acceptors (Lipinski definition) is 5. The molecule has 1 aliphatic carbocycles. The fourth-order valence-corrected chi connectivity index (χ4v) is 2.07. The van der Waals surface area contributed by atoms with Crippen molar-refractivity contribution in [1.82, 2.24) is 10.2 Å². The Morgan fingerprint density at radius 3 is 2.59 bits per heavy atom. The van der Waals surface area contributed by atoms with Crippen molar-refractivity contribution in [3.63, 3.8) is 0 Å². The number of nitrogens with one attached hydrogen (secondary N) is 1. The van der Waals surface area contributed by atoms with Gasteiger partial charge in [-0.3, -0.25) is 4.79 Å². The Balaban J connectivity index is 2.43. The van der Waals surface area contributed by atoms with Gasteiger partial charge in [-0.2, -0.15) is 0 Å². The second-order valence-electron chi connectivity index (χ2n) is 5.45. The molecule has 0 bridgehead atoms. The summed E-state index contributed by atoms with van der Waals surface area (Å²) in [6.45, 7) is 2.71. The van der Waals surface area contributed by atoms with Crippen LogP contribution in [0.4, 0.5) is 0 Å². The van der Waals surface area contributed by atoms with E-state index in [-0.39, 0.29) is 12.0 Å². The topological polar surface area (TPSA) is 61.8 Å². The Bertz CT molecular complexity index is 262. The average molecular weight is 244 g/mol. The van der Waals surface area contributed by atoms with Crippen LogP contribution in [0.15, 0.2) is 0 Å². The van der Waals surface area contributed by atoms with E-state index in [4.69, 9.17) is 4.74 Å². The van der Waals surface area contributed by atoms with Gasteiger partial charge in [0.2, 0.25) is 0 Å². The molecular weight excluding hydrogens is 220 g/mol. The van der Waals surface area contributed by atoms with Gasteiger partial charge >= 0.3 is 5.97 Å². The molecule has 17 heavy (non-hydrogen) atoms. The predicted octanol–water partition coefficient (Wildman–Crippen LogP) is -0.160. The molecule has 0 radical (unpaired) electrons. The molecule has 1 rings (SSSR count). The maximum atomic E-state index is 11.6. The SMILES string of the molecule is COC(=O)C(NCC(C)(O)CN(C)C)C1CC1. The van der Waals surface area contributed by atoms with Gasteiger partial charge in [-0.05, 0) is 39.8 Å². The van der Waals surface area contributed by atoms with Gasteiger partial charge in [0.15, 0.2) is 0 Å². The molecule has 1 saturated carbocycles. The van der Waals surface area contributed by atoms with E-state index in [9.17, 15) is 9.90 Å². The van der Waals surface area contributed by atoms with E-state index >= 15 is 0 Å². The molecule has 0 amide bonds. The molecule has 0 aromatic rings. The quantitative estimate of drug-likeness (QED) is 0.609. The minimum absolute atomic E-state index is 0.229. The maximum Gasteiger partial charge on any atom is 0.323 e. The first-order chi connectivity index (χ1) is 7.85. The molecular formula is C12H24N2O3. The molecule has 5 nitrogen and oxygen atoms in total. The minimum atomic E-state index is -0.843. The molecule has 2 N–H and O–H groups in total. The van der Waals surface area contributed by atoms with Crippen molar-refractivity contribution in [1.29, 1.82) is 0 Å². The number of rotatable bonds is 7. The van der Waals surface area contributed by atoms with Gasteiger partial charge in [-0.1, -0.05) is 0 Å². The van der Waals surface area contributed by atoms with Gasteiger partial charge in [0.25, 0.3) is 0 Å². The van der Waals surface area contributed by atoms with Crippen molar-refractivity contribution >= 4 is 5.97 Å². The molecule has 0 aromatic carbocycles. The van der Waals surface area contributed by atoms with Crippen molar-refractivity contribution in [3.05, 3.63) is 0 Å². The van der Waals surface area contributed by atoms with E-state index in [0.29, 0.717) is 19.0 Å². The summed E-state index contributed by atoms with van der Waals surface area (Å²) in [5.74, 6) is 0.144. The smallest absolute Gasteiger partial charge is 0.323 e. The zero-order chi connectivity index (χ0) is 13.1. The molecule has 5 heteroatoms. The lowest BCUT2D eigenvalue weighted by Crippen LogP contribution is -2.51. The summed E-state index contributed by atoms with van der Waals surface area (Å²) in [5.41, 5.74) is -0.843. The highest BCUT2D eigenvalue weighted by molar-refractivity contribution is 5.76. The number of aliphatic hydroxyl groups is 1. The molecule has 1 fully saturated rings. The number of nitrogens with zero attached hydrogens (tertiary/aromatic N) is 1. The standard InChI is InChI=1S/C12H24N2O3/c1-12(16,8-14(2)3)7-13-10(9-5-6-9)11(15)17-4/h9-10,13,16H,5-8H2,1-4H3. The van der Waals surface area contributed by atoms with Gasteiger partial charge in [0.05, 0.1) is 12.7 Å². The van der Waals surface area contributed by atoms with Gasteiger partial charge in [-0.15, -0.1) is 0 Å². The number of methoxy groups -OCH3 is 1. The van der Waals surface area contributed by atoms with E-state index < -0.39 is 5.60 Å². The van der Waals surface area contributed by atoms with Gasteiger partial charge in [0.1, 0.15) is 6.04 Å². The Morgan fingerprint density at radius 2 is 2.18 bits per heavy atom. The summed E-state index contributed by atoms with van der Waals surface area (Å²) in [7, 11) is 5.22. The van der Waals surface area contributed by atoms with Crippen molar-refractivity contribution in [3.8, 4) is 0 Å². The first-order valence-corrected chi connectivity index (χ1v) is 6.04. The molecule has 2 unspecified atom stereocenters. The highest BCUT2D eigenvalue weighted by Gasteiger charge is 2.37. The van der Waals surface area contributed by atoms with Crippen molar-refractivity contribution in [2.75, 3.05) is 34.3 Å². The van der Waals surface area contributed by atoms with Crippen LogP contribution in [-0.4, -0.2) is 61.9 Å². The van der Waals surface area contributed by atoms with Crippen LogP contribution >= 0.6 is 0 Å². The van der Waals surface area contributed by atoms with Gasteiger partial charge in [-0.25, -0.2) is 0 Å². The first-order valence-electron chi connectivity index (χ1n) is 6.04. The third-order valence-corrected chi connectivity index (χ3v) is 2.91. The van der Waals surface area contributed by atoms with E-state index in [1.54, 1.807) is 6.92 Å². The van der Waals surface area contributed by atoms with Crippen LogP contribution in [0.1, 0.15) is 19.8 Å². The predicted molar refractivity (Wildman–Crippen MR) is 65.7 cm³/mol. The van der Waals surface area contributed by atoms with E-state index in [1.807, 2.05) is 19.0 Å². The van der Waals surface area contributed by atoms with Crippen LogP contribution in [0, 0.1) is 5.92 Å². The minimum Gasteiger partial charge on any atom is -0.468 e. The number of hydrogen-bond donors (Lipinski definition) is 2. The normalized spacial score (nSPS) is 21.1. The lowest BCUT2D eigenvalue weighted by molar-refractivity contribution is -0.144. The maximum absolute atomic E-state index is 11.6. The lowest BCUT2D eigenvalue weighted by Gasteiger charge is -2.29.